The number of benzene rings is 2. The van der Waals surface area contributed by atoms with Gasteiger partial charge in [0, 0.05) is 55.5 Å². The minimum absolute atomic E-state index is 0.0809. The van der Waals surface area contributed by atoms with Crippen molar-refractivity contribution in [3.8, 4) is 11.5 Å². The zero-order chi connectivity index (χ0) is 32.4. The van der Waals surface area contributed by atoms with Gasteiger partial charge in [0.15, 0.2) is 5.82 Å². The smallest absolute Gasteiger partial charge is 0.315 e. The summed E-state index contributed by atoms with van der Waals surface area (Å²) in [5.74, 6) is -0.376. The molecule has 1 saturated carbocycles. The molecule has 2 aromatic carbocycles. The van der Waals surface area contributed by atoms with Gasteiger partial charge in [-0.1, -0.05) is 6.92 Å². The van der Waals surface area contributed by atoms with Crippen LogP contribution in [0, 0.1) is 11.7 Å². The third-order valence-corrected chi connectivity index (χ3v) is 7.94. The van der Waals surface area contributed by atoms with Gasteiger partial charge in [-0.05, 0) is 49.1 Å². The van der Waals surface area contributed by atoms with Crippen LogP contribution in [0.4, 0.5) is 30.5 Å². The van der Waals surface area contributed by atoms with Gasteiger partial charge in [-0.3, -0.25) is 14.5 Å². The van der Waals surface area contributed by atoms with E-state index in [4.69, 9.17) is 14.5 Å². The summed E-state index contributed by atoms with van der Waals surface area (Å²) in [7, 11) is 6.69. The van der Waals surface area contributed by atoms with Crippen LogP contribution in [0.5, 0.6) is 11.5 Å². The van der Waals surface area contributed by atoms with Crippen molar-refractivity contribution < 1.29 is 32.2 Å². The van der Waals surface area contributed by atoms with E-state index in [-0.39, 0.29) is 30.5 Å². The van der Waals surface area contributed by atoms with Gasteiger partial charge >= 0.3 is 6.43 Å². The molecule has 238 valence electrons. The number of aryl methyl sites for hydroxylation is 2. The number of amides is 2. The molecule has 13 heteroatoms. The number of pyridine rings is 1. The van der Waals surface area contributed by atoms with Gasteiger partial charge < -0.3 is 24.3 Å². The third-order valence-electron chi connectivity index (χ3n) is 7.94. The van der Waals surface area contributed by atoms with Crippen LogP contribution < -0.4 is 24.6 Å². The van der Waals surface area contributed by atoms with E-state index in [0.717, 1.165) is 18.4 Å². The molecule has 4 aromatic rings. The minimum Gasteiger partial charge on any atom is -0.497 e. The molecule has 0 atom stereocenters. The van der Waals surface area contributed by atoms with Crippen LogP contribution in [-0.4, -0.2) is 54.0 Å². The van der Waals surface area contributed by atoms with Gasteiger partial charge in [-0.25, -0.2) is 14.4 Å². The fourth-order valence-corrected chi connectivity index (χ4v) is 5.19. The number of alkyl halides is 2. The Hall–Kier alpha value is -4.81. The van der Waals surface area contributed by atoms with Crippen LogP contribution in [0.1, 0.15) is 36.5 Å². The molecule has 0 bridgehead atoms. The lowest BCUT2D eigenvalue weighted by Crippen LogP contribution is -2.33. The highest BCUT2D eigenvalue weighted by Gasteiger charge is 2.36. The molecule has 1 aliphatic carbocycles. The quantitative estimate of drug-likeness (QED) is 0.229. The predicted molar refractivity (Wildman–Crippen MR) is 164 cm³/mol. The van der Waals surface area contributed by atoms with Crippen molar-refractivity contribution in [2.45, 2.75) is 45.7 Å². The van der Waals surface area contributed by atoms with Crippen molar-refractivity contribution >= 4 is 40.2 Å². The molecule has 10 nitrogen and oxygen atoms in total. The molecule has 0 unspecified atom stereocenters. The van der Waals surface area contributed by atoms with E-state index < -0.39 is 18.1 Å². The highest BCUT2D eigenvalue weighted by molar-refractivity contribution is 6.02. The summed E-state index contributed by atoms with van der Waals surface area (Å²) in [6, 6.07) is 10.1. The molecular formula is C32H35F3N6O4. The highest BCUT2D eigenvalue weighted by atomic mass is 19.3. The third kappa shape index (κ3) is 6.52. The van der Waals surface area contributed by atoms with Crippen LogP contribution in [-0.2, 0) is 36.1 Å². The summed E-state index contributed by atoms with van der Waals surface area (Å²) in [4.78, 5) is 38.0. The molecule has 1 N–H and O–H groups in total. The Morgan fingerprint density at radius 1 is 1.09 bits per heavy atom. The number of carbonyl (C=O) groups is 2. The van der Waals surface area contributed by atoms with E-state index in [1.165, 1.54) is 6.07 Å². The van der Waals surface area contributed by atoms with E-state index in [1.807, 2.05) is 30.7 Å². The molecule has 0 aliphatic heterocycles. The Kier molecular flexibility index (Phi) is 9.16. The van der Waals surface area contributed by atoms with E-state index in [2.05, 4.69) is 10.3 Å². The number of nitrogens with zero attached hydrogens (tertiary/aromatic N) is 5. The van der Waals surface area contributed by atoms with Gasteiger partial charge in [-0.15, -0.1) is 0 Å². The number of ether oxygens (including phenoxy) is 2. The molecule has 1 fully saturated rings. The second-order valence-corrected chi connectivity index (χ2v) is 10.9. The van der Waals surface area contributed by atoms with Crippen LogP contribution in [0.3, 0.4) is 0 Å². The van der Waals surface area contributed by atoms with Crippen molar-refractivity contribution in [2.75, 3.05) is 31.1 Å². The molecule has 1 aliphatic rings. The number of hydrogen-bond acceptors (Lipinski definition) is 7. The van der Waals surface area contributed by atoms with Crippen LogP contribution in [0.2, 0.25) is 0 Å². The van der Waals surface area contributed by atoms with Crippen molar-refractivity contribution in [2.24, 2.45) is 13.0 Å². The fraction of sp³-hybridized carbons (Fsp3) is 0.375. The maximum Gasteiger partial charge on any atom is 0.315 e. The summed E-state index contributed by atoms with van der Waals surface area (Å²) in [6.45, 7) is 1.68. The number of methoxy groups -OCH3 is 2. The van der Waals surface area contributed by atoms with Crippen molar-refractivity contribution in [3.63, 3.8) is 0 Å². The molecule has 2 amide bonds. The molecule has 0 saturated heterocycles. The molecule has 0 spiro atoms. The summed E-state index contributed by atoms with van der Waals surface area (Å²) >= 11 is 0. The number of fused-ring (bicyclic) bond motifs is 1. The number of anilines is 3. The molecule has 2 aromatic heterocycles. The van der Waals surface area contributed by atoms with E-state index in [9.17, 15) is 18.4 Å². The van der Waals surface area contributed by atoms with E-state index in [0.29, 0.717) is 51.8 Å². The molecule has 2 heterocycles. The zero-order valence-electron chi connectivity index (χ0n) is 25.7. The lowest BCUT2D eigenvalue weighted by atomic mass is 10.0. The van der Waals surface area contributed by atoms with Crippen molar-refractivity contribution in [3.05, 3.63) is 65.2 Å². The average molecular weight is 625 g/mol. The van der Waals surface area contributed by atoms with Crippen LogP contribution in [0.15, 0.2) is 42.7 Å². The Morgan fingerprint density at radius 2 is 1.84 bits per heavy atom. The first-order chi connectivity index (χ1) is 21.6. The van der Waals surface area contributed by atoms with Crippen molar-refractivity contribution in [1.82, 2.24) is 19.9 Å². The van der Waals surface area contributed by atoms with Crippen LogP contribution in [0.25, 0.3) is 11.0 Å². The lowest BCUT2D eigenvalue weighted by molar-refractivity contribution is -0.131. The Morgan fingerprint density at radius 3 is 2.49 bits per heavy atom. The SMILES string of the molecule is CCc1cc(CNC(=O)C(F)F)c(F)cc1N(C)c1cc2c(ncn2C)c(N(Cc2ccc(OC)cc2OC)C(=O)C2CC2)n1. The molecule has 0 radical (unpaired) electrons. The number of aromatic nitrogens is 3. The summed E-state index contributed by atoms with van der Waals surface area (Å²) < 4.78 is 53.4. The lowest BCUT2D eigenvalue weighted by Gasteiger charge is -2.27. The zero-order valence-corrected chi connectivity index (χ0v) is 25.7. The highest BCUT2D eigenvalue weighted by Crippen LogP contribution is 2.38. The van der Waals surface area contributed by atoms with Crippen molar-refractivity contribution in [1.29, 1.82) is 0 Å². The number of carbonyl (C=O) groups excluding carboxylic acids is 2. The minimum atomic E-state index is -3.19. The van der Waals surface area contributed by atoms with Crippen LogP contribution >= 0.6 is 0 Å². The maximum atomic E-state index is 15.3. The standard InChI is InChI=1S/C32H35F3N6O4/c1-6-18-11-21(15-36-31(42)29(34)35)23(33)13-24(18)40(3)27-14-25-28(37-17-39(25)2)30(38-27)41(32(43)19-7-8-19)16-20-9-10-22(44-4)12-26(20)45-5/h9-14,17,19,29H,6-8,15-16H2,1-5H3,(H,36,42). The van der Waals surface area contributed by atoms with Gasteiger partial charge in [-0.2, -0.15) is 8.78 Å². The Bertz CT molecular complexity index is 1740. The van der Waals surface area contributed by atoms with E-state index in [1.54, 1.807) is 55.6 Å². The van der Waals surface area contributed by atoms with Gasteiger partial charge in [0.2, 0.25) is 5.91 Å². The number of nitrogens with one attached hydrogen (secondary N) is 1. The number of rotatable bonds is 12. The first-order valence-electron chi connectivity index (χ1n) is 14.5. The van der Waals surface area contributed by atoms with E-state index >= 15 is 4.39 Å². The normalized spacial score (nSPS) is 12.8. The first kappa shape index (κ1) is 31.6. The largest absolute Gasteiger partial charge is 0.497 e. The monoisotopic (exact) mass is 624 g/mol. The maximum absolute atomic E-state index is 15.3. The molecular weight excluding hydrogens is 589 g/mol. The average Bonchev–Trinajstić information content (AvgIpc) is 3.83. The van der Waals surface area contributed by atoms with Gasteiger partial charge in [0.1, 0.15) is 28.7 Å². The summed E-state index contributed by atoms with van der Waals surface area (Å²) in [6.07, 6.45) is 0.503. The number of hydrogen-bond donors (Lipinski definition) is 1. The second kappa shape index (κ2) is 13.0. The number of imidazole rings is 1. The summed E-state index contributed by atoms with van der Waals surface area (Å²) in [5, 5.41) is 2.06. The molecule has 5 rings (SSSR count). The fourth-order valence-electron chi connectivity index (χ4n) is 5.19. The van der Waals surface area contributed by atoms with Gasteiger partial charge in [0.05, 0.1) is 32.6 Å². The summed E-state index contributed by atoms with van der Waals surface area (Å²) in [5.41, 5.74) is 3.29. The predicted octanol–water partition coefficient (Wildman–Crippen LogP) is 5.28. The number of halogens is 3. The topological polar surface area (TPSA) is 102 Å². The Labute approximate surface area is 258 Å². The molecule has 45 heavy (non-hydrogen) atoms. The second-order valence-electron chi connectivity index (χ2n) is 10.9. The van der Waals surface area contributed by atoms with Gasteiger partial charge in [0.25, 0.3) is 5.91 Å². The first-order valence-corrected chi connectivity index (χ1v) is 14.5. The Balaban J connectivity index is 1.58.